The minimum Gasteiger partial charge on any atom is -0.383 e. The summed E-state index contributed by atoms with van der Waals surface area (Å²) in [5, 5.41) is 7.06. The smallest absolute Gasteiger partial charge is 0.257 e. The van der Waals surface area contributed by atoms with Crippen LogP contribution in [0, 0.1) is 5.82 Å². The van der Waals surface area contributed by atoms with E-state index in [-0.39, 0.29) is 5.69 Å². The van der Waals surface area contributed by atoms with E-state index < -0.39 is 11.7 Å². The number of rotatable bonds is 6. The predicted octanol–water partition coefficient (Wildman–Crippen LogP) is 4.61. The minimum absolute atomic E-state index is 0.144. The molecule has 0 atom stereocenters. The van der Waals surface area contributed by atoms with Gasteiger partial charge in [-0.05, 0) is 36.2 Å². The van der Waals surface area contributed by atoms with Gasteiger partial charge in [0.15, 0.2) is 0 Å². The molecule has 0 fully saturated rings. The first-order valence-electron chi connectivity index (χ1n) is 9.00. The van der Waals surface area contributed by atoms with Gasteiger partial charge in [-0.2, -0.15) is 0 Å². The molecule has 0 bridgehead atoms. The van der Waals surface area contributed by atoms with Crippen molar-refractivity contribution in [3.05, 3.63) is 90.1 Å². The van der Waals surface area contributed by atoms with Crippen molar-refractivity contribution in [3.63, 3.8) is 0 Å². The van der Waals surface area contributed by atoms with E-state index in [0.717, 1.165) is 17.6 Å². The third kappa shape index (κ3) is 3.86. The van der Waals surface area contributed by atoms with Gasteiger partial charge in [0, 0.05) is 36.0 Å². The zero-order valence-corrected chi connectivity index (χ0v) is 15.1. The average Bonchev–Trinajstić information content (AvgIpc) is 3.13. The van der Waals surface area contributed by atoms with Crippen LogP contribution in [0.25, 0.3) is 10.9 Å². The van der Waals surface area contributed by atoms with E-state index >= 15 is 0 Å². The number of hydrogen-bond acceptors (Lipinski definition) is 3. The Morgan fingerprint density at radius 1 is 1.07 bits per heavy atom. The summed E-state index contributed by atoms with van der Waals surface area (Å²) in [6, 6.07) is 15.9. The maximum absolute atomic E-state index is 13.7. The van der Waals surface area contributed by atoms with Crippen LogP contribution in [0.5, 0.6) is 0 Å². The number of carbonyl (C=O) groups is 1. The summed E-state index contributed by atoms with van der Waals surface area (Å²) >= 11 is 0. The Labute approximate surface area is 161 Å². The molecule has 0 aliphatic heterocycles. The second-order valence-electron chi connectivity index (χ2n) is 6.43. The standard InChI is InChI=1S/C22H19FN4O/c23-19-6-2-4-8-21(19)27-22(28)16-11-17(14-24-12-16)25-10-9-15-13-26-20-7-3-1-5-18(15)20/h1-8,11-14,25-26H,9-10H2,(H,27,28). The summed E-state index contributed by atoms with van der Waals surface area (Å²) in [4.78, 5) is 19.8. The lowest BCUT2D eigenvalue weighted by Gasteiger charge is -2.09. The summed E-state index contributed by atoms with van der Waals surface area (Å²) in [6.07, 6.45) is 5.97. The topological polar surface area (TPSA) is 69.8 Å². The van der Waals surface area contributed by atoms with Crippen LogP contribution in [-0.2, 0) is 6.42 Å². The van der Waals surface area contributed by atoms with Crippen LogP contribution < -0.4 is 10.6 Å². The number of halogens is 1. The summed E-state index contributed by atoms with van der Waals surface area (Å²) in [5.74, 6) is -0.880. The van der Waals surface area contributed by atoms with E-state index in [1.807, 2.05) is 24.4 Å². The number of amides is 1. The Kier molecular flexibility index (Phi) is 5.01. The Bertz CT molecular complexity index is 1120. The molecular weight excluding hydrogens is 355 g/mol. The van der Waals surface area contributed by atoms with Crippen LogP contribution in [0.1, 0.15) is 15.9 Å². The molecule has 5 nitrogen and oxygen atoms in total. The van der Waals surface area contributed by atoms with E-state index in [1.54, 1.807) is 24.4 Å². The minimum atomic E-state index is -0.475. The van der Waals surface area contributed by atoms with Gasteiger partial charge in [-0.1, -0.05) is 30.3 Å². The van der Waals surface area contributed by atoms with Crippen molar-refractivity contribution in [2.24, 2.45) is 0 Å². The fraction of sp³-hybridized carbons (Fsp3) is 0.0909. The Hall–Kier alpha value is -3.67. The maximum atomic E-state index is 13.7. The molecule has 0 aliphatic carbocycles. The van der Waals surface area contributed by atoms with Crippen molar-refractivity contribution in [2.45, 2.75) is 6.42 Å². The van der Waals surface area contributed by atoms with E-state index in [0.29, 0.717) is 12.1 Å². The fourth-order valence-electron chi connectivity index (χ4n) is 3.10. The van der Waals surface area contributed by atoms with Crippen molar-refractivity contribution in [1.82, 2.24) is 9.97 Å². The highest BCUT2D eigenvalue weighted by atomic mass is 19.1. The molecule has 2 aromatic heterocycles. The molecule has 0 radical (unpaired) electrons. The molecule has 0 spiro atoms. The first kappa shape index (κ1) is 17.7. The normalized spacial score (nSPS) is 10.8. The molecule has 2 heterocycles. The number of H-pyrrole nitrogens is 1. The number of fused-ring (bicyclic) bond motifs is 1. The molecule has 0 saturated heterocycles. The molecule has 3 N–H and O–H groups in total. The van der Waals surface area contributed by atoms with Gasteiger partial charge in [-0.25, -0.2) is 4.39 Å². The van der Waals surface area contributed by atoms with Gasteiger partial charge < -0.3 is 15.6 Å². The number of carbonyl (C=O) groups excluding carboxylic acids is 1. The van der Waals surface area contributed by atoms with Crippen LogP contribution in [-0.4, -0.2) is 22.4 Å². The highest BCUT2D eigenvalue weighted by molar-refractivity contribution is 6.04. The number of aromatic amines is 1. The van der Waals surface area contributed by atoms with E-state index in [2.05, 4.69) is 26.7 Å². The van der Waals surface area contributed by atoms with Gasteiger partial charge >= 0.3 is 0 Å². The van der Waals surface area contributed by atoms with Gasteiger partial charge in [-0.15, -0.1) is 0 Å². The Morgan fingerprint density at radius 2 is 1.89 bits per heavy atom. The van der Waals surface area contributed by atoms with E-state index in [9.17, 15) is 9.18 Å². The van der Waals surface area contributed by atoms with Gasteiger partial charge in [0.25, 0.3) is 5.91 Å². The second kappa shape index (κ2) is 7.92. The number of pyridine rings is 1. The lowest BCUT2D eigenvalue weighted by molar-refractivity contribution is 0.102. The summed E-state index contributed by atoms with van der Waals surface area (Å²) in [5.41, 5.74) is 3.59. The monoisotopic (exact) mass is 374 g/mol. The molecule has 140 valence electrons. The van der Waals surface area contributed by atoms with Crippen LogP contribution in [0.15, 0.2) is 73.2 Å². The van der Waals surface area contributed by atoms with E-state index in [1.165, 1.54) is 29.3 Å². The highest BCUT2D eigenvalue weighted by Crippen LogP contribution is 2.19. The van der Waals surface area contributed by atoms with Gasteiger partial charge in [0.05, 0.1) is 16.9 Å². The number of hydrogen-bond donors (Lipinski definition) is 3. The number of benzene rings is 2. The lowest BCUT2D eigenvalue weighted by Crippen LogP contribution is -2.14. The molecule has 4 aromatic rings. The van der Waals surface area contributed by atoms with Crippen molar-refractivity contribution < 1.29 is 9.18 Å². The van der Waals surface area contributed by atoms with Gasteiger partial charge in [0.2, 0.25) is 0 Å². The molecule has 1 amide bonds. The molecular formula is C22H19FN4O. The van der Waals surface area contributed by atoms with Crippen LogP contribution in [0.2, 0.25) is 0 Å². The van der Waals surface area contributed by atoms with Crippen LogP contribution in [0.3, 0.4) is 0 Å². The van der Waals surface area contributed by atoms with Crippen molar-refractivity contribution >= 4 is 28.2 Å². The third-order valence-corrected chi connectivity index (χ3v) is 4.52. The van der Waals surface area contributed by atoms with E-state index in [4.69, 9.17) is 0 Å². The number of nitrogens with zero attached hydrogens (tertiary/aromatic N) is 1. The van der Waals surface area contributed by atoms with Crippen molar-refractivity contribution in [3.8, 4) is 0 Å². The van der Waals surface area contributed by atoms with Crippen LogP contribution in [0.4, 0.5) is 15.8 Å². The molecule has 28 heavy (non-hydrogen) atoms. The molecule has 0 saturated carbocycles. The number of para-hydroxylation sites is 2. The molecule has 6 heteroatoms. The van der Waals surface area contributed by atoms with Crippen molar-refractivity contribution in [2.75, 3.05) is 17.2 Å². The van der Waals surface area contributed by atoms with Gasteiger partial charge in [-0.3, -0.25) is 9.78 Å². The number of aromatic nitrogens is 2. The quantitative estimate of drug-likeness (QED) is 0.462. The number of nitrogens with one attached hydrogen (secondary N) is 3. The summed E-state index contributed by atoms with van der Waals surface area (Å²) in [7, 11) is 0. The predicted molar refractivity (Wildman–Crippen MR) is 109 cm³/mol. The largest absolute Gasteiger partial charge is 0.383 e. The summed E-state index contributed by atoms with van der Waals surface area (Å²) in [6.45, 7) is 0.696. The van der Waals surface area contributed by atoms with Crippen molar-refractivity contribution in [1.29, 1.82) is 0 Å². The maximum Gasteiger partial charge on any atom is 0.257 e. The zero-order valence-electron chi connectivity index (χ0n) is 15.1. The first-order valence-corrected chi connectivity index (χ1v) is 9.00. The molecule has 0 unspecified atom stereocenters. The molecule has 0 aliphatic rings. The highest BCUT2D eigenvalue weighted by Gasteiger charge is 2.10. The average molecular weight is 374 g/mol. The first-order chi connectivity index (χ1) is 13.7. The zero-order chi connectivity index (χ0) is 19.3. The van der Waals surface area contributed by atoms with Crippen LogP contribution >= 0.6 is 0 Å². The molecule has 2 aromatic carbocycles. The second-order valence-corrected chi connectivity index (χ2v) is 6.43. The lowest BCUT2D eigenvalue weighted by atomic mass is 10.1. The Balaban J connectivity index is 1.39. The number of anilines is 2. The van der Waals surface area contributed by atoms with Gasteiger partial charge in [0.1, 0.15) is 5.82 Å². The molecule has 4 rings (SSSR count). The SMILES string of the molecule is O=C(Nc1ccccc1F)c1cncc(NCCc2c[nH]c3ccccc23)c1. The summed E-state index contributed by atoms with van der Waals surface area (Å²) < 4.78 is 13.7. The third-order valence-electron chi connectivity index (χ3n) is 4.52. The Morgan fingerprint density at radius 3 is 2.79 bits per heavy atom. The fourth-order valence-corrected chi connectivity index (χ4v) is 3.10.